The third kappa shape index (κ3) is 4.33. The predicted octanol–water partition coefficient (Wildman–Crippen LogP) is 3.53. The normalized spacial score (nSPS) is 20.5. The molecule has 0 aliphatic carbocycles. The van der Waals surface area contributed by atoms with Crippen molar-refractivity contribution < 1.29 is 18.6 Å². The fraction of sp³-hybridized carbons (Fsp3) is 0.316. The topological polar surface area (TPSA) is 67.9 Å². The van der Waals surface area contributed by atoms with Crippen molar-refractivity contribution in [3.05, 3.63) is 54.6 Å². The van der Waals surface area contributed by atoms with Gasteiger partial charge in [-0.15, -0.1) is 0 Å². The summed E-state index contributed by atoms with van der Waals surface area (Å²) in [6.07, 6.45) is 0.733. The number of carbonyl (C=O) groups is 1. The molecule has 0 amide bonds. The highest BCUT2D eigenvalue weighted by Crippen LogP contribution is 2.52. The largest absolute Gasteiger partial charge is 0.465 e. The van der Waals surface area contributed by atoms with Crippen molar-refractivity contribution in [2.75, 3.05) is 31.6 Å². The van der Waals surface area contributed by atoms with E-state index in [9.17, 15) is 9.36 Å². The molecule has 0 bridgehead atoms. The zero-order valence-electron chi connectivity index (χ0n) is 14.8. The number of nitrogens with one attached hydrogen (secondary N) is 1. The van der Waals surface area contributed by atoms with Gasteiger partial charge in [-0.05, 0) is 49.7 Å². The maximum absolute atomic E-state index is 13.5. The number of esters is 1. The van der Waals surface area contributed by atoms with E-state index in [1.165, 1.54) is 0 Å². The van der Waals surface area contributed by atoms with Gasteiger partial charge in [0, 0.05) is 17.9 Å². The van der Waals surface area contributed by atoms with Gasteiger partial charge in [0.15, 0.2) is 0 Å². The van der Waals surface area contributed by atoms with Gasteiger partial charge in [-0.1, -0.05) is 18.2 Å². The Morgan fingerprint density at radius 1 is 1.15 bits per heavy atom. The summed E-state index contributed by atoms with van der Waals surface area (Å²) in [6, 6.07) is 17.1. The third-order valence-electron chi connectivity index (χ3n) is 4.07. The van der Waals surface area contributed by atoms with Crippen molar-refractivity contribution >= 4 is 30.2 Å². The summed E-state index contributed by atoms with van der Waals surface area (Å²) in [7, 11) is -3.25. The number of anilines is 2. The van der Waals surface area contributed by atoms with Gasteiger partial charge in [0.2, 0.25) is 0 Å². The lowest BCUT2D eigenvalue weighted by atomic mass is 10.3. The third-order valence-corrected chi connectivity index (χ3v) is 6.64. The fourth-order valence-electron chi connectivity index (χ4n) is 2.84. The highest BCUT2D eigenvalue weighted by molar-refractivity contribution is 7.64. The van der Waals surface area contributed by atoms with Crippen LogP contribution in [-0.4, -0.2) is 36.9 Å². The molecule has 1 atom stereocenters. The summed E-state index contributed by atoms with van der Waals surface area (Å²) in [5.41, 5.74) is 1.87. The predicted molar refractivity (Wildman–Crippen MR) is 102 cm³/mol. The first-order valence-corrected chi connectivity index (χ1v) is 10.3. The monoisotopic (exact) mass is 374 g/mol. The molecule has 0 radical (unpaired) electrons. The standard InChI is InChI=1S/C19H23N2O4P/c1-2-24-19(22)15-21-13-6-14-25-26(21,23)18-11-9-17(10-12-18)20-16-7-4-3-5-8-16/h3-5,7-12,20H,2,6,13-15H2,1H3. The second-order valence-electron chi connectivity index (χ2n) is 5.94. The first kappa shape index (κ1) is 18.6. The average molecular weight is 374 g/mol. The second kappa shape index (κ2) is 8.49. The molecule has 1 aliphatic heterocycles. The van der Waals surface area contributed by atoms with E-state index in [0.717, 1.165) is 17.8 Å². The Labute approximate surface area is 153 Å². The van der Waals surface area contributed by atoms with Crippen LogP contribution in [0.25, 0.3) is 0 Å². The average Bonchev–Trinajstić information content (AvgIpc) is 2.65. The highest BCUT2D eigenvalue weighted by Gasteiger charge is 2.38. The molecule has 1 N–H and O–H groups in total. The SMILES string of the molecule is CCOC(=O)CN1CCCOP1(=O)c1ccc(Nc2ccccc2)cc1. The molecule has 0 saturated carbocycles. The zero-order chi connectivity index (χ0) is 18.4. The quantitative estimate of drug-likeness (QED) is 0.616. The minimum atomic E-state index is -3.25. The summed E-state index contributed by atoms with van der Waals surface area (Å²) in [5.74, 6) is -0.388. The van der Waals surface area contributed by atoms with Gasteiger partial charge >= 0.3 is 13.5 Å². The molecule has 26 heavy (non-hydrogen) atoms. The molecular formula is C19H23N2O4P. The molecule has 6 nitrogen and oxygen atoms in total. The molecule has 0 spiro atoms. The van der Waals surface area contributed by atoms with Gasteiger partial charge in [-0.3, -0.25) is 9.36 Å². The minimum absolute atomic E-state index is 0.0326. The van der Waals surface area contributed by atoms with Crippen LogP contribution in [0.4, 0.5) is 11.4 Å². The number of ether oxygens (including phenoxy) is 1. The van der Waals surface area contributed by atoms with Crippen LogP contribution in [0.15, 0.2) is 54.6 Å². The number of hydrogen-bond acceptors (Lipinski definition) is 5. The van der Waals surface area contributed by atoms with Crippen molar-refractivity contribution in [1.82, 2.24) is 4.67 Å². The summed E-state index contributed by atoms with van der Waals surface area (Å²) in [5, 5.41) is 3.87. The molecule has 3 rings (SSSR count). The van der Waals surface area contributed by atoms with Gasteiger partial charge in [-0.2, -0.15) is 0 Å². The Morgan fingerprint density at radius 2 is 1.85 bits per heavy atom. The van der Waals surface area contributed by atoms with E-state index in [4.69, 9.17) is 9.26 Å². The van der Waals surface area contributed by atoms with Gasteiger partial charge < -0.3 is 14.6 Å². The van der Waals surface area contributed by atoms with Crippen molar-refractivity contribution in [2.24, 2.45) is 0 Å². The Hall–Kier alpha value is -2.14. The molecule has 0 aromatic heterocycles. The van der Waals surface area contributed by atoms with E-state index in [2.05, 4.69) is 5.32 Å². The number of hydrogen-bond donors (Lipinski definition) is 1. The van der Waals surface area contributed by atoms with E-state index < -0.39 is 7.52 Å². The first-order chi connectivity index (χ1) is 12.6. The lowest BCUT2D eigenvalue weighted by Gasteiger charge is -2.34. The Balaban J connectivity index is 1.76. The van der Waals surface area contributed by atoms with Crippen LogP contribution in [0.2, 0.25) is 0 Å². The lowest BCUT2D eigenvalue weighted by Crippen LogP contribution is -2.37. The molecular weight excluding hydrogens is 351 g/mol. The van der Waals surface area contributed by atoms with Crippen LogP contribution >= 0.6 is 7.52 Å². The van der Waals surface area contributed by atoms with E-state index in [1.54, 1.807) is 23.7 Å². The van der Waals surface area contributed by atoms with Gasteiger partial charge in [0.05, 0.1) is 18.5 Å². The number of benzene rings is 2. The van der Waals surface area contributed by atoms with Gasteiger partial charge in [-0.25, -0.2) is 4.67 Å². The van der Waals surface area contributed by atoms with Crippen LogP contribution < -0.4 is 10.6 Å². The number of rotatable bonds is 6. The summed E-state index contributed by atoms with van der Waals surface area (Å²) in [6.45, 7) is 2.98. The van der Waals surface area contributed by atoms with Gasteiger partial charge in [0.25, 0.3) is 0 Å². The van der Waals surface area contributed by atoms with Crippen molar-refractivity contribution in [1.29, 1.82) is 0 Å². The summed E-state index contributed by atoms with van der Waals surface area (Å²) >= 11 is 0. The Morgan fingerprint density at radius 3 is 2.54 bits per heavy atom. The maximum atomic E-state index is 13.5. The van der Waals surface area contributed by atoms with Crippen molar-refractivity contribution in [3.63, 3.8) is 0 Å². The number of para-hydroxylation sites is 1. The summed E-state index contributed by atoms with van der Waals surface area (Å²) in [4.78, 5) is 11.8. The molecule has 1 unspecified atom stereocenters. The lowest BCUT2D eigenvalue weighted by molar-refractivity contribution is -0.143. The van der Waals surface area contributed by atoms with Crippen molar-refractivity contribution in [2.45, 2.75) is 13.3 Å². The first-order valence-electron chi connectivity index (χ1n) is 8.70. The van der Waals surface area contributed by atoms with Gasteiger partial charge in [0.1, 0.15) is 6.54 Å². The van der Waals surface area contributed by atoms with E-state index >= 15 is 0 Å². The number of nitrogens with zero attached hydrogens (tertiary/aromatic N) is 1. The van der Waals surface area contributed by atoms with Crippen molar-refractivity contribution in [3.8, 4) is 0 Å². The zero-order valence-corrected chi connectivity index (χ0v) is 15.7. The Kier molecular flexibility index (Phi) is 6.09. The van der Waals surface area contributed by atoms with Crippen LogP contribution in [0.5, 0.6) is 0 Å². The maximum Gasteiger partial charge on any atom is 0.320 e. The smallest absolute Gasteiger partial charge is 0.320 e. The van der Waals surface area contributed by atoms with Crippen LogP contribution in [0.1, 0.15) is 13.3 Å². The molecule has 1 fully saturated rings. The second-order valence-corrected chi connectivity index (χ2v) is 8.32. The fourth-order valence-corrected chi connectivity index (χ4v) is 5.08. The van der Waals surface area contributed by atoms with Crippen LogP contribution in [-0.2, 0) is 18.6 Å². The van der Waals surface area contributed by atoms with Crippen LogP contribution in [0.3, 0.4) is 0 Å². The number of carbonyl (C=O) groups excluding carboxylic acids is 1. The van der Waals surface area contributed by atoms with E-state index in [1.807, 2.05) is 42.5 Å². The molecule has 7 heteroatoms. The summed E-state index contributed by atoms with van der Waals surface area (Å²) < 4.78 is 25.7. The van der Waals surface area contributed by atoms with E-state index in [-0.39, 0.29) is 12.5 Å². The molecule has 1 heterocycles. The molecule has 138 valence electrons. The molecule has 1 saturated heterocycles. The molecule has 2 aromatic rings. The van der Waals surface area contributed by atoms with E-state index in [0.29, 0.717) is 25.1 Å². The van der Waals surface area contributed by atoms with Crippen LogP contribution in [0, 0.1) is 0 Å². The minimum Gasteiger partial charge on any atom is -0.465 e. The molecule has 2 aromatic carbocycles. The Bertz CT molecular complexity index is 780. The highest BCUT2D eigenvalue weighted by atomic mass is 31.2. The molecule has 1 aliphatic rings.